The number of likely N-dealkylation sites (tertiary alicyclic amines) is 1. The van der Waals surface area contributed by atoms with Crippen molar-refractivity contribution in [1.29, 1.82) is 0 Å². The molecule has 0 spiro atoms. The van der Waals surface area contributed by atoms with Crippen LogP contribution in [0.3, 0.4) is 0 Å². The Bertz CT molecular complexity index is 476. The number of piperidine rings is 1. The van der Waals surface area contributed by atoms with Crippen molar-refractivity contribution in [1.82, 2.24) is 4.90 Å². The molecule has 0 aliphatic carbocycles. The topological polar surface area (TPSA) is 32.3 Å². The molecule has 6 heteroatoms. The number of nitrogens with one attached hydrogen (secondary N) is 1. The highest BCUT2D eigenvalue weighted by Crippen LogP contribution is 2.25. The van der Waals surface area contributed by atoms with Crippen LogP contribution in [0.1, 0.15) is 32.6 Å². The van der Waals surface area contributed by atoms with Crippen LogP contribution in [0.15, 0.2) is 18.2 Å². The van der Waals surface area contributed by atoms with Gasteiger partial charge in [-0.25, -0.2) is 0 Å². The average Bonchev–Trinajstić information content (AvgIpc) is 2.43. The summed E-state index contributed by atoms with van der Waals surface area (Å²) < 4.78 is 0. The van der Waals surface area contributed by atoms with E-state index in [2.05, 4.69) is 17.1 Å². The van der Waals surface area contributed by atoms with Crippen molar-refractivity contribution in [2.24, 2.45) is 0 Å². The van der Waals surface area contributed by atoms with Gasteiger partial charge >= 0.3 is 0 Å². The third kappa shape index (κ3) is 5.67. The van der Waals surface area contributed by atoms with Crippen molar-refractivity contribution in [2.45, 2.75) is 38.6 Å². The molecule has 0 unspecified atom stereocenters. The minimum absolute atomic E-state index is 0. The maximum atomic E-state index is 12.1. The predicted molar refractivity (Wildman–Crippen MR) is 91.8 cm³/mol. The van der Waals surface area contributed by atoms with Crippen molar-refractivity contribution in [3.05, 3.63) is 28.2 Å². The first-order valence-corrected chi connectivity index (χ1v) is 7.81. The molecule has 0 bridgehead atoms. The molecule has 1 saturated heterocycles. The van der Waals surface area contributed by atoms with Crippen LogP contribution in [0.25, 0.3) is 0 Å². The summed E-state index contributed by atoms with van der Waals surface area (Å²) >= 11 is 11.9. The van der Waals surface area contributed by atoms with Gasteiger partial charge in [0.2, 0.25) is 5.91 Å². The van der Waals surface area contributed by atoms with Gasteiger partial charge in [-0.15, -0.1) is 12.4 Å². The minimum Gasteiger partial charge on any atom is -0.325 e. The Balaban J connectivity index is 0.00000220. The highest BCUT2D eigenvalue weighted by molar-refractivity contribution is 6.36. The predicted octanol–water partition coefficient (Wildman–Crippen LogP) is 4.62. The number of carbonyl (C=O) groups excluding carboxylic acids is 1. The van der Waals surface area contributed by atoms with E-state index < -0.39 is 0 Å². The van der Waals surface area contributed by atoms with Gasteiger partial charge < -0.3 is 10.2 Å². The zero-order chi connectivity index (χ0) is 14.5. The number of rotatable bonds is 4. The number of hydrogen-bond donors (Lipinski definition) is 1. The summed E-state index contributed by atoms with van der Waals surface area (Å²) in [5.41, 5.74) is 0.618. The van der Waals surface area contributed by atoms with Crippen LogP contribution in [-0.2, 0) is 4.79 Å². The summed E-state index contributed by atoms with van der Waals surface area (Å²) in [5, 5.41) is 3.88. The molecule has 0 aromatic heterocycles. The van der Waals surface area contributed by atoms with Crippen molar-refractivity contribution in [2.75, 3.05) is 18.4 Å². The van der Waals surface area contributed by atoms with Gasteiger partial charge in [-0.05, 0) is 51.1 Å². The Labute approximate surface area is 142 Å². The van der Waals surface area contributed by atoms with Crippen LogP contribution in [0.5, 0.6) is 0 Å². The lowest BCUT2D eigenvalue weighted by molar-refractivity contribution is -0.117. The van der Waals surface area contributed by atoms with E-state index in [1.54, 1.807) is 18.2 Å². The number of hydrogen-bond acceptors (Lipinski definition) is 2. The zero-order valence-corrected chi connectivity index (χ0v) is 14.4. The molecular formula is C15H21Cl3N2O. The van der Waals surface area contributed by atoms with Gasteiger partial charge in [0.05, 0.1) is 10.7 Å². The van der Waals surface area contributed by atoms with Crippen LogP contribution in [0, 0.1) is 0 Å². The van der Waals surface area contributed by atoms with E-state index in [1.807, 2.05) is 0 Å². The molecule has 1 heterocycles. The fraction of sp³-hybridized carbons (Fsp3) is 0.533. The molecule has 118 valence electrons. The van der Waals surface area contributed by atoms with Crippen molar-refractivity contribution in [3.8, 4) is 0 Å². The lowest BCUT2D eigenvalue weighted by Crippen LogP contribution is -2.39. The molecule has 1 aromatic rings. The molecule has 1 fully saturated rings. The summed E-state index contributed by atoms with van der Waals surface area (Å²) in [6.07, 6.45) is 4.25. The molecule has 1 aliphatic rings. The third-order valence-electron chi connectivity index (χ3n) is 3.70. The molecule has 2 rings (SSSR count). The first-order valence-electron chi connectivity index (χ1n) is 7.05. The lowest BCUT2D eigenvalue weighted by Gasteiger charge is -2.32. The minimum atomic E-state index is -0.00713. The average molecular weight is 352 g/mol. The fourth-order valence-electron chi connectivity index (χ4n) is 2.55. The SMILES string of the molecule is C[C@H](CC(=O)Nc1ccc(Cl)cc1Cl)N1CCCCC1.Cl. The van der Waals surface area contributed by atoms with Crippen LogP contribution in [-0.4, -0.2) is 29.9 Å². The van der Waals surface area contributed by atoms with E-state index in [9.17, 15) is 4.79 Å². The summed E-state index contributed by atoms with van der Waals surface area (Å²) in [4.78, 5) is 14.5. The van der Waals surface area contributed by atoms with E-state index in [0.29, 0.717) is 22.2 Å². The van der Waals surface area contributed by atoms with Crippen LogP contribution in [0.2, 0.25) is 10.0 Å². The number of amides is 1. The number of carbonyl (C=O) groups is 1. The largest absolute Gasteiger partial charge is 0.325 e. The second-order valence-corrected chi connectivity index (χ2v) is 6.17. The zero-order valence-electron chi connectivity index (χ0n) is 12.1. The second kappa shape index (κ2) is 8.84. The van der Waals surface area contributed by atoms with E-state index in [4.69, 9.17) is 23.2 Å². The van der Waals surface area contributed by atoms with Gasteiger partial charge in [0.15, 0.2) is 0 Å². The molecule has 0 saturated carbocycles. The molecule has 0 radical (unpaired) electrons. The maximum Gasteiger partial charge on any atom is 0.225 e. The van der Waals surface area contributed by atoms with E-state index in [0.717, 1.165) is 13.1 Å². The summed E-state index contributed by atoms with van der Waals surface area (Å²) in [6, 6.07) is 5.35. The first kappa shape index (κ1) is 18.6. The molecular weight excluding hydrogens is 331 g/mol. The quantitative estimate of drug-likeness (QED) is 0.858. The monoisotopic (exact) mass is 350 g/mol. The van der Waals surface area contributed by atoms with Gasteiger partial charge in [0, 0.05) is 17.5 Å². The molecule has 1 atom stereocenters. The Morgan fingerprint density at radius 1 is 1.29 bits per heavy atom. The standard InChI is InChI=1S/C15H20Cl2N2O.ClH/c1-11(19-7-3-2-4-8-19)9-15(20)18-14-6-5-12(16)10-13(14)17;/h5-6,10-11H,2-4,7-9H2,1H3,(H,18,20);1H/t11-;/m1./s1. The van der Waals surface area contributed by atoms with Gasteiger partial charge in [0.25, 0.3) is 0 Å². The Morgan fingerprint density at radius 3 is 2.57 bits per heavy atom. The van der Waals surface area contributed by atoms with Gasteiger partial charge in [-0.3, -0.25) is 4.79 Å². The van der Waals surface area contributed by atoms with E-state index in [1.165, 1.54) is 19.3 Å². The van der Waals surface area contributed by atoms with Crippen molar-refractivity contribution < 1.29 is 4.79 Å². The normalized spacial score (nSPS) is 16.9. The first-order chi connectivity index (χ1) is 9.56. The highest BCUT2D eigenvalue weighted by atomic mass is 35.5. The number of benzene rings is 1. The summed E-state index contributed by atoms with van der Waals surface area (Å²) in [7, 11) is 0. The van der Waals surface area contributed by atoms with Crippen LogP contribution < -0.4 is 5.32 Å². The van der Waals surface area contributed by atoms with Gasteiger partial charge in [-0.2, -0.15) is 0 Å². The number of halogens is 3. The Kier molecular flexibility index (Phi) is 7.82. The van der Waals surface area contributed by atoms with Crippen LogP contribution in [0.4, 0.5) is 5.69 Å². The maximum absolute atomic E-state index is 12.1. The van der Waals surface area contributed by atoms with Crippen molar-refractivity contribution >= 4 is 47.2 Å². The van der Waals surface area contributed by atoms with Crippen LogP contribution >= 0.6 is 35.6 Å². The lowest BCUT2D eigenvalue weighted by atomic mass is 10.1. The molecule has 1 N–H and O–H groups in total. The highest BCUT2D eigenvalue weighted by Gasteiger charge is 2.19. The summed E-state index contributed by atoms with van der Waals surface area (Å²) in [6.45, 7) is 4.29. The molecule has 1 aromatic carbocycles. The number of nitrogens with zero attached hydrogens (tertiary/aromatic N) is 1. The summed E-state index contributed by atoms with van der Waals surface area (Å²) in [5.74, 6) is -0.00713. The molecule has 21 heavy (non-hydrogen) atoms. The van der Waals surface area contributed by atoms with Gasteiger partial charge in [-0.1, -0.05) is 29.6 Å². The third-order valence-corrected chi connectivity index (χ3v) is 4.25. The van der Waals surface area contributed by atoms with Crippen molar-refractivity contribution in [3.63, 3.8) is 0 Å². The Morgan fingerprint density at radius 2 is 1.95 bits per heavy atom. The van der Waals surface area contributed by atoms with E-state index in [-0.39, 0.29) is 24.4 Å². The smallest absolute Gasteiger partial charge is 0.225 e. The van der Waals surface area contributed by atoms with E-state index >= 15 is 0 Å². The second-order valence-electron chi connectivity index (χ2n) is 5.32. The molecule has 1 aliphatic heterocycles. The molecule has 1 amide bonds. The fourth-order valence-corrected chi connectivity index (χ4v) is 3.00. The number of anilines is 1. The van der Waals surface area contributed by atoms with Gasteiger partial charge in [0.1, 0.15) is 0 Å². The molecule has 3 nitrogen and oxygen atoms in total. The Hall–Kier alpha value is -0.480.